The number of hydrogen-bond donors (Lipinski definition) is 1. The maximum Gasteiger partial charge on any atom is 0.258 e. The van der Waals surface area contributed by atoms with Crippen LogP contribution in [-0.4, -0.2) is 20.4 Å². The van der Waals surface area contributed by atoms with Gasteiger partial charge in [-0.1, -0.05) is 41.4 Å². The first-order valence-corrected chi connectivity index (χ1v) is 9.40. The Labute approximate surface area is 196 Å². The normalized spacial score (nSPS) is 10.2. The number of halogens is 4. The minimum absolute atomic E-state index is 0. The van der Waals surface area contributed by atoms with Gasteiger partial charge >= 0.3 is 0 Å². The molecule has 1 N–H and O–H groups in total. The molecule has 30 heavy (non-hydrogen) atoms. The molecule has 0 unspecified atom stereocenters. The zero-order valence-electron chi connectivity index (χ0n) is 15.8. The first-order chi connectivity index (χ1) is 13.5. The Morgan fingerprint density at radius 2 is 1.73 bits per heavy atom. The molecule has 0 saturated carbocycles. The fourth-order valence-corrected chi connectivity index (χ4v) is 3.71. The Balaban J connectivity index is 0.00000160. The first kappa shape index (κ1) is 24.0. The molecule has 5 nitrogen and oxygen atoms in total. The molecular formula is C21H18Cl4N4O. The van der Waals surface area contributed by atoms with E-state index < -0.39 is 0 Å². The van der Waals surface area contributed by atoms with E-state index in [2.05, 4.69) is 19.9 Å². The van der Waals surface area contributed by atoms with Gasteiger partial charge in [-0.05, 0) is 42.8 Å². The van der Waals surface area contributed by atoms with Crippen LogP contribution < -0.4 is 5.32 Å². The number of carbonyl (C=O) groups excluding carboxylic acids is 1. The van der Waals surface area contributed by atoms with Gasteiger partial charge in [-0.3, -0.25) is 9.78 Å². The number of imidazole rings is 1. The monoisotopic (exact) mass is 482 g/mol. The summed E-state index contributed by atoms with van der Waals surface area (Å²) in [5.41, 5.74) is 3.55. The largest absolute Gasteiger partial charge is 0.324 e. The molecular weight excluding hydrogens is 466 g/mol. The van der Waals surface area contributed by atoms with E-state index >= 15 is 0 Å². The Morgan fingerprint density at radius 3 is 2.40 bits per heavy atom. The third-order valence-corrected chi connectivity index (χ3v) is 5.10. The second-order valence-electron chi connectivity index (χ2n) is 6.33. The van der Waals surface area contributed by atoms with Crippen molar-refractivity contribution in [2.24, 2.45) is 0 Å². The third-order valence-electron chi connectivity index (χ3n) is 4.47. The molecule has 0 aliphatic rings. The molecule has 0 radical (unpaired) electrons. The summed E-state index contributed by atoms with van der Waals surface area (Å²) in [5, 5.41) is 3.49. The second kappa shape index (κ2) is 10.1. The fourth-order valence-electron chi connectivity index (χ4n) is 3.14. The highest BCUT2D eigenvalue weighted by molar-refractivity contribution is 6.40. The van der Waals surface area contributed by atoms with E-state index in [-0.39, 0.29) is 36.3 Å². The van der Waals surface area contributed by atoms with Crippen molar-refractivity contribution in [3.8, 4) is 0 Å². The van der Waals surface area contributed by atoms with Crippen LogP contribution in [0.2, 0.25) is 10.0 Å². The van der Waals surface area contributed by atoms with Gasteiger partial charge in [0.1, 0.15) is 11.3 Å². The number of hydrogen-bond acceptors (Lipinski definition) is 3. The standard InChI is InChI=1S/C21H16Cl2N4O.2ClH/c1-13-25-20-17(26-21(28)19-15(22)6-2-7-16(19)23)8-3-9-18(20)27(13)12-14-5-4-10-24-11-14;;/h2-11H,12H2,1H3,(H,26,28);2*1H. The fraction of sp³-hybridized carbons (Fsp3) is 0.0952. The number of pyridine rings is 1. The van der Waals surface area contributed by atoms with Crippen molar-refractivity contribution in [3.05, 3.63) is 87.9 Å². The predicted octanol–water partition coefficient (Wildman–Crippen LogP) is 6.19. The summed E-state index contributed by atoms with van der Waals surface area (Å²) in [6.07, 6.45) is 3.58. The predicted molar refractivity (Wildman–Crippen MR) is 127 cm³/mol. The Kier molecular flexibility index (Phi) is 8.10. The Hall–Kier alpha value is -2.31. The number of para-hydroxylation sites is 1. The lowest BCUT2D eigenvalue weighted by molar-refractivity contribution is 0.102. The number of rotatable bonds is 4. The van der Waals surface area contributed by atoms with Crippen molar-refractivity contribution in [1.82, 2.24) is 14.5 Å². The van der Waals surface area contributed by atoms with Gasteiger partial charge in [0.15, 0.2) is 0 Å². The van der Waals surface area contributed by atoms with Crippen LogP contribution in [0.4, 0.5) is 5.69 Å². The van der Waals surface area contributed by atoms with Gasteiger partial charge in [0.05, 0.1) is 33.4 Å². The lowest BCUT2D eigenvalue weighted by Gasteiger charge is -2.10. The molecule has 1 amide bonds. The van der Waals surface area contributed by atoms with Gasteiger partial charge in [0.2, 0.25) is 0 Å². The topological polar surface area (TPSA) is 59.8 Å². The van der Waals surface area contributed by atoms with Crippen LogP contribution in [0.25, 0.3) is 11.0 Å². The van der Waals surface area contributed by atoms with Gasteiger partial charge < -0.3 is 9.88 Å². The van der Waals surface area contributed by atoms with Crippen LogP contribution in [0.15, 0.2) is 60.9 Å². The summed E-state index contributed by atoms with van der Waals surface area (Å²) in [6.45, 7) is 2.58. The van der Waals surface area contributed by atoms with E-state index in [1.54, 1.807) is 24.4 Å². The smallest absolute Gasteiger partial charge is 0.258 e. The molecule has 9 heteroatoms. The molecule has 2 aromatic carbocycles. The van der Waals surface area contributed by atoms with Crippen molar-refractivity contribution in [3.63, 3.8) is 0 Å². The Bertz CT molecular complexity index is 1160. The third kappa shape index (κ3) is 4.71. The number of nitrogens with zero attached hydrogens (tertiary/aromatic N) is 3. The van der Waals surface area contributed by atoms with E-state index in [1.807, 2.05) is 43.5 Å². The molecule has 2 aromatic heterocycles. The van der Waals surface area contributed by atoms with E-state index in [9.17, 15) is 4.79 Å². The lowest BCUT2D eigenvalue weighted by atomic mass is 10.2. The molecule has 0 saturated heterocycles. The minimum Gasteiger partial charge on any atom is -0.324 e. The highest BCUT2D eigenvalue weighted by atomic mass is 35.5. The van der Waals surface area contributed by atoms with Crippen LogP contribution in [0.1, 0.15) is 21.7 Å². The quantitative estimate of drug-likeness (QED) is 0.376. The summed E-state index contributed by atoms with van der Waals surface area (Å²) < 4.78 is 2.09. The lowest BCUT2D eigenvalue weighted by Crippen LogP contribution is -2.13. The number of nitrogens with one attached hydrogen (secondary N) is 1. The average molecular weight is 484 g/mol. The number of aryl methyl sites for hydroxylation is 1. The molecule has 0 fully saturated rings. The molecule has 0 aliphatic heterocycles. The molecule has 0 atom stereocenters. The van der Waals surface area contributed by atoms with Crippen LogP contribution >= 0.6 is 48.0 Å². The number of benzene rings is 2. The second-order valence-corrected chi connectivity index (χ2v) is 7.14. The van der Waals surface area contributed by atoms with E-state index in [0.717, 1.165) is 16.9 Å². The van der Waals surface area contributed by atoms with Crippen LogP contribution in [0.3, 0.4) is 0 Å². The number of anilines is 1. The summed E-state index contributed by atoms with van der Waals surface area (Å²) in [4.78, 5) is 21.6. The highest BCUT2D eigenvalue weighted by Gasteiger charge is 2.17. The van der Waals surface area contributed by atoms with Crippen LogP contribution in [0, 0.1) is 6.92 Å². The van der Waals surface area contributed by atoms with Gasteiger partial charge in [-0.2, -0.15) is 0 Å². The summed E-state index contributed by atoms with van der Waals surface area (Å²) in [7, 11) is 0. The number of aromatic nitrogens is 3. The van der Waals surface area contributed by atoms with E-state index in [0.29, 0.717) is 27.8 Å². The number of carbonyl (C=O) groups is 1. The minimum atomic E-state index is -0.373. The molecule has 156 valence electrons. The average Bonchev–Trinajstić information content (AvgIpc) is 2.99. The molecule has 4 rings (SSSR count). The van der Waals surface area contributed by atoms with Gasteiger partial charge in [-0.15, -0.1) is 24.8 Å². The zero-order valence-corrected chi connectivity index (χ0v) is 18.9. The summed E-state index contributed by atoms with van der Waals surface area (Å²) in [5.74, 6) is 0.471. The molecule has 2 heterocycles. The SMILES string of the molecule is Cc1nc2c(NC(=O)c3c(Cl)cccc3Cl)cccc2n1Cc1cccnc1.Cl.Cl. The van der Waals surface area contributed by atoms with Crippen molar-refractivity contribution >= 4 is 70.6 Å². The molecule has 0 bridgehead atoms. The number of fused-ring (bicyclic) bond motifs is 1. The van der Waals surface area contributed by atoms with Crippen LogP contribution in [0.5, 0.6) is 0 Å². The van der Waals surface area contributed by atoms with E-state index in [4.69, 9.17) is 23.2 Å². The van der Waals surface area contributed by atoms with Crippen molar-refractivity contribution in [1.29, 1.82) is 0 Å². The maximum absolute atomic E-state index is 12.8. The van der Waals surface area contributed by atoms with Gasteiger partial charge in [0.25, 0.3) is 5.91 Å². The first-order valence-electron chi connectivity index (χ1n) is 8.64. The van der Waals surface area contributed by atoms with Gasteiger partial charge in [-0.25, -0.2) is 4.98 Å². The summed E-state index contributed by atoms with van der Waals surface area (Å²) >= 11 is 12.3. The Morgan fingerprint density at radius 1 is 1.03 bits per heavy atom. The van der Waals surface area contributed by atoms with Crippen molar-refractivity contribution in [2.75, 3.05) is 5.32 Å². The highest BCUT2D eigenvalue weighted by Crippen LogP contribution is 2.28. The van der Waals surface area contributed by atoms with Crippen molar-refractivity contribution < 1.29 is 4.79 Å². The summed E-state index contributed by atoms with van der Waals surface area (Å²) in [6, 6.07) is 14.6. The molecule has 0 spiro atoms. The van der Waals surface area contributed by atoms with E-state index in [1.165, 1.54) is 0 Å². The molecule has 0 aliphatic carbocycles. The van der Waals surface area contributed by atoms with Crippen LogP contribution in [-0.2, 0) is 6.54 Å². The zero-order chi connectivity index (χ0) is 19.7. The maximum atomic E-state index is 12.8. The number of amides is 1. The van der Waals surface area contributed by atoms with Crippen molar-refractivity contribution in [2.45, 2.75) is 13.5 Å². The van der Waals surface area contributed by atoms with Gasteiger partial charge in [0, 0.05) is 12.4 Å². The molecule has 4 aromatic rings.